The lowest BCUT2D eigenvalue weighted by Crippen LogP contribution is -2.04. The van der Waals surface area contributed by atoms with Gasteiger partial charge in [0.05, 0.1) is 16.3 Å². The first-order valence-electron chi connectivity index (χ1n) is 6.72. The van der Waals surface area contributed by atoms with Crippen molar-refractivity contribution in [3.8, 4) is 0 Å². The normalized spacial score (nSPS) is 12.1. The van der Waals surface area contributed by atoms with Crippen molar-refractivity contribution in [3.63, 3.8) is 0 Å². The summed E-state index contributed by atoms with van der Waals surface area (Å²) in [6.07, 6.45) is 3.05. The third kappa shape index (κ3) is 3.56. The Hall–Kier alpha value is -1.11. The molecule has 0 spiro atoms. The van der Waals surface area contributed by atoms with Crippen LogP contribution < -0.4 is 0 Å². The van der Waals surface area contributed by atoms with E-state index in [1.165, 1.54) is 6.26 Å². The first kappa shape index (κ1) is 16.3. The Morgan fingerprint density at radius 2 is 2.10 bits per heavy atom. The molecule has 7 heteroatoms. The van der Waals surface area contributed by atoms with Crippen LogP contribution in [-0.4, -0.2) is 37.9 Å². The number of alkyl halides is 1. The molecule has 116 valence electrons. The molecule has 1 aromatic heterocycles. The molecule has 0 saturated carbocycles. The second kappa shape index (κ2) is 6.77. The van der Waals surface area contributed by atoms with E-state index in [1.807, 2.05) is 10.6 Å². The Morgan fingerprint density at radius 1 is 1.33 bits per heavy atom. The largest absolute Gasteiger partial charge is 0.385 e. The summed E-state index contributed by atoms with van der Waals surface area (Å²) in [5.41, 5.74) is 1.31. The summed E-state index contributed by atoms with van der Waals surface area (Å²) in [5, 5.41) is 0. The number of aromatic nitrogens is 2. The molecule has 0 saturated heterocycles. The molecule has 0 unspecified atom stereocenters. The Labute approximate surface area is 129 Å². The molecular weight excluding hydrogens is 312 g/mol. The molecule has 0 aliphatic carbocycles. The van der Waals surface area contributed by atoms with Gasteiger partial charge in [-0.2, -0.15) is 0 Å². The van der Waals surface area contributed by atoms with Gasteiger partial charge in [0, 0.05) is 26.5 Å². The molecule has 0 bridgehead atoms. The number of fused-ring (bicyclic) bond motifs is 1. The zero-order valence-corrected chi connectivity index (χ0v) is 13.7. The van der Waals surface area contributed by atoms with Crippen LogP contribution in [0.1, 0.15) is 18.7 Å². The van der Waals surface area contributed by atoms with Crippen LogP contribution in [0.4, 0.5) is 0 Å². The van der Waals surface area contributed by atoms with Crippen LogP contribution in [0.25, 0.3) is 11.0 Å². The summed E-state index contributed by atoms with van der Waals surface area (Å²) in [4.78, 5) is 4.67. The molecule has 0 fully saturated rings. The number of unbranched alkanes of at least 4 members (excludes halogenated alkanes) is 1. The van der Waals surface area contributed by atoms with Gasteiger partial charge >= 0.3 is 0 Å². The Balaban J connectivity index is 2.45. The number of rotatable bonds is 7. The molecule has 1 heterocycles. The minimum absolute atomic E-state index is 0.252. The van der Waals surface area contributed by atoms with Gasteiger partial charge in [-0.3, -0.25) is 0 Å². The maximum Gasteiger partial charge on any atom is 0.177 e. The summed E-state index contributed by atoms with van der Waals surface area (Å²) in [6, 6.07) is 5.20. The first-order chi connectivity index (χ1) is 9.99. The molecule has 0 amide bonds. The topological polar surface area (TPSA) is 61.2 Å². The van der Waals surface area contributed by atoms with Gasteiger partial charge < -0.3 is 9.30 Å². The molecule has 0 atom stereocenters. The van der Waals surface area contributed by atoms with Crippen molar-refractivity contribution in [1.29, 1.82) is 0 Å². The Bertz CT molecular complexity index is 725. The molecule has 0 aliphatic rings. The average Bonchev–Trinajstić information content (AvgIpc) is 2.80. The van der Waals surface area contributed by atoms with Crippen LogP contribution in [-0.2, 0) is 27.0 Å². The number of methoxy groups -OCH3 is 1. The molecule has 0 radical (unpaired) electrons. The zero-order valence-electron chi connectivity index (χ0n) is 12.2. The van der Waals surface area contributed by atoms with E-state index in [4.69, 9.17) is 16.3 Å². The van der Waals surface area contributed by atoms with E-state index >= 15 is 0 Å². The van der Waals surface area contributed by atoms with Gasteiger partial charge in [0.2, 0.25) is 0 Å². The third-order valence-corrected chi connectivity index (χ3v) is 4.69. The number of aryl methyl sites for hydroxylation is 1. The molecule has 0 aliphatic heterocycles. The van der Waals surface area contributed by atoms with Crippen LogP contribution in [0, 0.1) is 0 Å². The van der Waals surface area contributed by atoms with Gasteiger partial charge in [-0.1, -0.05) is 6.07 Å². The summed E-state index contributed by atoms with van der Waals surface area (Å²) in [7, 11) is -1.63. The number of sulfone groups is 1. The van der Waals surface area contributed by atoms with E-state index in [-0.39, 0.29) is 10.8 Å². The predicted molar refractivity (Wildman–Crippen MR) is 83.5 cm³/mol. The van der Waals surface area contributed by atoms with Crippen molar-refractivity contribution in [2.45, 2.75) is 30.2 Å². The van der Waals surface area contributed by atoms with E-state index in [9.17, 15) is 8.42 Å². The molecule has 2 rings (SSSR count). The van der Waals surface area contributed by atoms with Crippen LogP contribution in [0.5, 0.6) is 0 Å². The SMILES string of the molecule is COCCCCn1c(CCl)nc2c(S(C)(=O)=O)cccc21. The monoisotopic (exact) mass is 330 g/mol. The summed E-state index contributed by atoms with van der Waals surface area (Å²) >= 11 is 5.95. The van der Waals surface area contributed by atoms with Crippen molar-refractivity contribution in [3.05, 3.63) is 24.0 Å². The third-order valence-electron chi connectivity index (χ3n) is 3.32. The molecule has 21 heavy (non-hydrogen) atoms. The van der Waals surface area contributed by atoms with Crippen LogP contribution in [0.3, 0.4) is 0 Å². The van der Waals surface area contributed by atoms with Crippen molar-refractivity contribution in [2.75, 3.05) is 20.0 Å². The number of halogens is 1. The second-order valence-electron chi connectivity index (χ2n) is 4.91. The van der Waals surface area contributed by atoms with Gasteiger partial charge in [-0.15, -0.1) is 11.6 Å². The number of imidazole rings is 1. The molecule has 5 nitrogen and oxygen atoms in total. The van der Waals surface area contributed by atoms with Crippen LogP contribution >= 0.6 is 11.6 Å². The van der Waals surface area contributed by atoms with Gasteiger partial charge in [0.1, 0.15) is 11.3 Å². The fourth-order valence-electron chi connectivity index (χ4n) is 2.34. The predicted octanol–water partition coefficient (Wildman–Crippen LogP) is 2.61. The highest BCUT2D eigenvalue weighted by atomic mass is 35.5. The van der Waals surface area contributed by atoms with Gasteiger partial charge in [-0.05, 0) is 25.0 Å². The molecule has 0 N–H and O–H groups in total. The highest BCUT2D eigenvalue weighted by Crippen LogP contribution is 2.25. The lowest BCUT2D eigenvalue weighted by molar-refractivity contribution is 0.191. The van der Waals surface area contributed by atoms with E-state index in [2.05, 4.69) is 4.98 Å². The van der Waals surface area contributed by atoms with E-state index in [0.717, 1.165) is 24.9 Å². The quantitative estimate of drug-likeness (QED) is 0.578. The number of hydrogen-bond donors (Lipinski definition) is 0. The highest BCUT2D eigenvalue weighted by Gasteiger charge is 2.18. The van der Waals surface area contributed by atoms with Crippen molar-refractivity contribution < 1.29 is 13.2 Å². The van der Waals surface area contributed by atoms with E-state index < -0.39 is 9.84 Å². The number of hydrogen-bond acceptors (Lipinski definition) is 4. The van der Waals surface area contributed by atoms with Crippen LogP contribution in [0.2, 0.25) is 0 Å². The number of ether oxygens (including phenoxy) is 1. The zero-order chi connectivity index (χ0) is 15.5. The summed E-state index contributed by atoms with van der Waals surface area (Å²) in [5.74, 6) is 0.947. The Morgan fingerprint density at radius 3 is 2.71 bits per heavy atom. The number of benzene rings is 1. The van der Waals surface area contributed by atoms with E-state index in [1.54, 1.807) is 19.2 Å². The highest BCUT2D eigenvalue weighted by molar-refractivity contribution is 7.91. The minimum atomic E-state index is -3.31. The number of nitrogens with zero attached hydrogens (tertiary/aromatic N) is 2. The van der Waals surface area contributed by atoms with Crippen molar-refractivity contribution >= 4 is 32.5 Å². The number of para-hydroxylation sites is 1. The lowest BCUT2D eigenvalue weighted by atomic mass is 10.3. The lowest BCUT2D eigenvalue weighted by Gasteiger charge is -2.07. The van der Waals surface area contributed by atoms with Crippen molar-refractivity contribution in [1.82, 2.24) is 9.55 Å². The molecule has 1 aromatic carbocycles. The van der Waals surface area contributed by atoms with Gasteiger partial charge in [0.15, 0.2) is 9.84 Å². The van der Waals surface area contributed by atoms with Gasteiger partial charge in [0.25, 0.3) is 0 Å². The van der Waals surface area contributed by atoms with Crippen molar-refractivity contribution in [2.24, 2.45) is 0 Å². The maximum atomic E-state index is 11.9. The molecular formula is C14H19ClN2O3S. The summed E-state index contributed by atoms with van der Waals surface area (Å²) in [6.45, 7) is 1.45. The standard InChI is InChI=1S/C14H19ClN2O3S/c1-20-9-4-3-8-17-11-6-5-7-12(21(2,18)19)14(11)16-13(17)10-15/h5-7H,3-4,8-10H2,1-2H3. The summed E-state index contributed by atoms with van der Waals surface area (Å²) < 4.78 is 30.7. The fraction of sp³-hybridized carbons (Fsp3) is 0.500. The van der Waals surface area contributed by atoms with Crippen LogP contribution in [0.15, 0.2) is 23.1 Å². The van der Waals surface area contributed by atoms with Gasteiger partial charge in [-0.25, -0.2) is 13.4 Å². The minimum Gasteiger partial charge on any atom is -0.385 e. The average molecular weight is 331 g/mol. The first-order valence-corrected chi connectivity index (χ1v) is 9.14. The fourth-order valence-corrected chi connectivity index (χ4v) is 3.37. The Kier molecular flexibility index (Phi) is 5.24. The smallest absolute Gasteiger partial charge is 0.177 e. The maximum absolute atomic E-state index is 11.9. The second-order valence-corrected chi connectivity index (χ2v) is 7.16. The molecule has 2 aromatic rings. The van der Waals surface area contributed by atoms with E-state index in [0.29, 0.717) is 17.9 Å².